The molecule has 1 fully saturated rings. The van der Waals surface area contributed by atoms with E-state index in [-0.39, 0.29) is 11.8 Å². The number of hydrogen-bond acceptors (Lipinski definition) is 3. The van der Waals surface area contributed by atoms with Gasteiger partial charge in [-0.1, -0.05) is 6.07 Å². The lowest BCUT2D eigenvalue weighted by Gasteiger charge is -2.16. The first-order valence-electron chi connectivity index (χ1n) is 7.15. The molecule has 0 saturated carbocycles. The minimum absolute atomic E-state index is 0.126. The van der Waals surface area contributed by atoms with Gasteiger partial charge in [0.2, 0.25) is 11.8 Å². The number of amides is 2. The van der Waals surface area contributed by atoms with E-state index in [1.54, 1.807) is 35.4 Å². The highest BCUT2D eigenvalue weighted by Crippen LogP contribution is 2.24. The predicted molar refractivity (Wildman–Crippen MR) is 84.4 cm³/mol. The summed E-state index contributed by atoms with van der Waals surface area (Å²) < 4.78 is 5.12. The van der Waals surface area contributed by atoms with E-state index < -0.39 is 0 Å². The zero-order valence-corrected chi connectivity index (χ0v) is 12.0. The van der Waals surface area contributed by atoms with Crippen LogP contribution >= 0.6 is 0 Å². The molecule has 1 aromatic heterocycles. The fourth-order valence-corrected chi connectivity index (χ4v) is 2.40. The molecular weight excluding hydrogens is 280 g/mol. The van der Waals surface area contributed by atoms with Crippen LogP contribution in [-0.4, -0.2) is 18.4 Å². The Morgan fingerprint density at radius 2 is 2.18 bits per heavy atom. The van der Waals surface area contributed by atoms with Gasteiger partial charge in [-0.3, -0.25) is 9.59 Å². The molecule has 1 aliphatic heterocycles. The first kappa shape index (κ1) is 14.1. The topological polar surface area (TPSA) is 62.6 Å². The Morgan fingerprint density at radius 1 is 1.27 bits per heavy atom. The molecule has 0 bridgehead atoms. The molecule has 1 aromatic carbocycles. The van der Waals surface area contributed by atoms with Gasteiger partial charge in [-0.25, -0.2) is 0 Å². The maximum Gasteiger partial charge on any atom is 0.248 e. The number of anilines is 2. The lowest BCUT2D eigenvalue weighted by Crippen LogP contribution is -2.23. The van der Waals surface area contributed by atoms with E-state index >= 15 is 0 Å². The van der Waals surface area contributed by atoms with Crippen molar-refractivity contribution in [2.24, 2.45) is 0 Å². The monoisotopic (exact) mass is 296 g/mol. The van der Waals surface area contributed by atoms with Crippen molar-refractivity contribution in [2.75, 3.05) is 16.8 Å². The first-order valence-corrected chi connectivity index (χ1v) is 7.15. The molecule has 3 rings (SSSR count). The average Bonchev–Trinajstić information content (AvgIpc) is 3.16. The molecule has 5 heteroatoms. The minimum atomic E-state index is -0.249. The van der Waals surface area contributed by atoms with Gasteiger partial charge >= 0.3 is 0 Å². The molecule has 0 aliphatic carbocycles. The molecule has 2 aromatic rings. The van der Waals surface area contributed by atoms with E-state index in [9.17, 15) is 9.59 Å². The van der Waals surface area contributed by atoms with Crippen LogP contribution in [0.2, 0.25) is 0 Å². The van der Waals surface area contributed by atoms with Gasteiger partial charge in [-0.05, 0) is 42.8 Å². The summed E-state index contributed by atoms with van der Waals surface area (Å²) in [6, 6.07) is 10.8. The highest BCUT2D eigenvalue weighted by Gasteiger charge is 2.21. The molecule has 112 valence electrons. The van der Waals surface area contributed by atoms with Crippen LogP contribution in [0.4, 0.5) is 11.4 Å². The third kappa shape index (κ3) is 3.25. The van der Waals surface area contributed by atoms with Crippen LogP contribution in [0.3, 0.4) is 0 Å². The minimum Gasteiger partial charge on any atom is -0.465 e. The van der Waals surface area contributed by atoms with Crippen LogP contribution in [0.25, 0.3) is 6.08 Å². The summed E-state index contributed by atoms with van der Waals surface area (Å²) in [6.07, 6.45) is 6.02. The number of carbonyl (C=O) groups is 2. The summed E-state index contributed by atoms with van der Waals surface area (Å²) in [5.41, 5.74) is 1.47. The fourth-order valence-electron chi connectivity index (χ4n) is 2.40. The number of benzene rings is 1. The van der Waals surface area contributed by atoms with Gasteiger partial charge < -0.3 is 14.6 Å². The standard InChI is InChI=1S/C17H16N2O3/c20-16(9-8-15-6-3-11-22-15)18-13-4-1-5-14(12-13)19-10-2-7-17(19)21/h1,3-6,8-9,11-12H,2,7,10H2,(H,18,20)/b9-8+. The van der Waals surface area contributed by atoms with Gasteiger partial charge in [0.15, 0.2) is 0 Å². The zero-order valence-electron chi connectivity index (χ0n) is 12.0. The Hall–Kier alpha value is -2.82. The van der Waals surface area contributed by atoms with Crippen molar-refractivity contribution in [3.8, 4) is 0 Å². The second kappa shape index (κ2) is 6.30. The summed E-state index contributed by atoms with van der Waals surface area (Å²) in [6.45, 7) is 0.731. The normalized spacial score (nSPS) is 14.7. The SMILES string of the molecule is O=C(/C=C/c1ccco1)Nc1cccc(N2CCCC2=O)c1. The number of nitrogens with one attached hydrogen (secondary N) is 1. The number of furan rings is 1. The van der Waals surface area contributed by atoms with Crippen molar-refractivity contribution in [2.45, 2.75) is 12.8 Å². The van der Waals surface area contributed by atoms with Crippen molar-refractivity contribution in [3.05, 3.63) is 54.5 Å². The quantitative estimate of drug-likeness (QED) is 0.882. The zero-order chi connectivity index (χ0) is 15.4. The smallest absolute Gasteiger partial charge is 0.248 e. The molecule has 2 heterocycles. The second-order valence-electron chi connectivity index (χ2n) is 5.04. The average molecular weight is 296 g/mol. The van der Waals surface area contributed by atoms with Gasteiger partial charge in [0.1, 0.15) is 5.76 Å². The van der Waals surface area contributed by atoms with Gasteiger partial charge in [0.05, 0.1) is 6.26 Å². The van der Waals surface area contributed by atoms with Gasteiger partial charge in [-0.15, -0.1) is 0 Å². The summed E-state index contributed by atoms with van der Waals surface area (Å²) in [5, 5.41) is 2.78. The summed E-state index contributed by atoms with van der Waals surface area (Å²) >= 11 is 0. The van der Waals surface area contributed by atoms with Crippen LogP contribution in [0, 0.1) is 0 Å². The van der Waals surface area contributed by atoms with Gasteiger partial charge in [0, 0.05) is 30.4 Å². The summed E-state index contributed by atoms with van der Waals surface area (Å²) in [7, 11) is 0. The predicted octanol–water partition coefficient (Wildman–Crippen LogP) is 3.06. The molecule has 0 atom stereocenters. The van der Waals surface area contributed by atoms with Crippen LogP contribution < -0.4 is 10.2 Å². The Balaban J connectivity index is 1.67. The highest BCUT2D eigenvalue weighted by molar-refractivity contribution is 6.02. The fraction of sp³-hybridized carbons (Fsp3) is 0.176. The maximum atomic E-state index is 11.9. The van der Waals surface area contributed by atoms with Crippen molar-refractivity contribution in [3.63, 3.8) is 0 Å². The Morgan fingerprint density at radius 3 is 2.91 bits per heavy atom. The molecule has 5 nitrogen and oxygen atoms in total. The summed E-state index contributed by atoms with van der Waals surface area (Å²) in [5.74, 6) is 0.494. The van der Waals surface area contributed by atoms with E-state index in [0.717, 1.165) is 18.7 Å². The molecule has 1 saturated heterocycles. The van der Waals surface area contributed by atoms with E-state index in [2.05, 4.69) is 5.32 Å². The van der Waals surface area contributed by atoms with Gasteiger partial charge in [-0.2, -0.15) is 0 Å². The third-order valence-electron chi connectivity index (χ3n) is 3.44. The first-order chi connectivity index (χ1) is 10.7. The molecule has 1 aliphatic rings. The van der Waals surface area contributed by atoms with Crippen LogP contribution in [0.15, 0.2) is 53.2 Å². The molecule has 0 radical (unpaired) electrons. The molecule has 0 unspecified atom stereocenters. The number of hydrogen-bond donors (Lipinski definition) is 1. The van der Waals surface area contributed by atoms with E-state index in [0.29, 0.717) is 17.9 Å². The molecule has 0 spiro atoms. The van der Waals surface area contributed by atoms with Crippen molar-refractivity contribution in [1.82, 2.24) is 0 Å². The summed E-state index contributed by atoms with van der Waals surface area (Å²) in [4.78, 5) is 25.4. The van der Waals surface area contributed by atoms with Crippen molar-refractivity contribution < 1.29 is 14.0 Å². The number of nitrogens with zero attached hydrogens (tertiary/aromatic N) is 1. The van der Waals surface area contributed by atoms with E-state index in [1.807, 2.05) is 18.2 Å². The van der Waals surface area contributed by atoms with Gasteiger partial charge in [0.25, 0.3) is 0 Å². The largest absolute Gasteiger partial charge is 0.465 e. The Labute approximate surface area is 128 Å². The van der Waals surface area contributed by atoms with Crippen molar-refractivity contribution in [1.29, 1.82) is 0 Å². The molecule has 2 amide bonds. The molecular formula is C17H16N2O3. The maximum absolute atomic E-state index is 11.9. The Bertz CT molecular complexity index is 704. The number of rotatable bonds is 4. The third-order valence-corrected chi connectivity index (χ3v) is 3.44. The molecule has 1 N–H and O–H groups in total. The highest BCUT2D eigenvalue weighted by atomic mass is 16.3. The Kier molecular flexibility index (Phi) is 4.05. The van der Waals surface area contributed by atoms with Crippen LogP contribution in [-0.2, 0) is 9.59 Å². The van der Waals surface area contributed by atoms with Crippen molar-refractivity contribution >= 4 is 29.3 Å². The number of carbonyl (C=O) groups excluding carboxylic acids is 2. The second-order valence-corrected chi connectivity index (χ2v) is 5.04. The van der Waals surface area contributed by atoms with E-state index in [1.165, 1.54) is 6.08 Å². The molecule has 22 heavy (non-hydrogen) atoms. The van der Waals surface area contributed by atoms with Crippen LogP contribution in [0.1, 0.15) is 18.6 Å². The lowest BCUT2D eigenvalue weighted by molar-refractivity contribution is -0.117. The van der Waals surface area contributed by atoms with E-state index in [4.69, 9.17) is 4.42 Å². The lowest BCUT2D eigenvalue weighted by atomic mass is 10.2. The van der Waals surface area contributed by atoms with Crippen LogP contribution in [0.5, 0.6) is 0 Å².